The normalized spacial score (nSPS) is 24.3. The number of aryl methyl sites for hydroxylation is 2. The molecule has 6 nitrogen and oxygen atoms in total. The Labute approximate surface area is 152 Å². The fraction of sp³-hybridized carbons (Fsp3) is 0.500. The largest absolute Gasteiger partial charge is 0.479 e. The van der Waals surface area contributed by atoms with Crippen molar-refractivity contribution in [2.45, 2.75) is 52.7 Å². The minimum absolute atomic E-state index is 0.198. The summed E-state index contributed by atoms with van der Waals surface area (Å²) < 4.78 is 5.64. The fourth-order valence-electron chi connectivity index (χ4n) is 4.02. The lowest BCUT2D eigenvalue weighted by molar-refractivity contribution is -0.190. The molecule has 1 saturated carbocycles. The molecular weight excluding hydrogens is 332 g/mol. The van der Waals surface area contributed by atoms with Crippen LogP contribution in [0.3, 0.4) is 0 Å². The van der Waals surface area contributed by atoms with Gasteiger partial charge in [-0.25, -0.2) is 4.79 Å². The van der Waals surface area contributed by atoms with Crippen LogP contribution in [0.2, 0.25) is 0 Å². The summed E-state index contributed by atoms with van der Waals surface area (Å²) in [4.78, 5) is 28.0. The second-order valence-corrected chi connectivity index (χ2v) is 7.76. The molecule has 0 bridgehead atoms. The van der Waals surface area contributed by atoms with Crippen LogP contribution in [0.4, 0.5) is 0 Å². The summed E-state index contributed by atoms with van der Waals surface area (Å²) in [5.41, 5.74) is 1.37. The number of aromatic amines is 1. The summed E-state index contributed by atoms with van der Waals surface area (Å²) in [7, 11) is 0. The van der Waals surface area contributed by atoms with Gasteiger partial charge in [-0.2, -0.15) is 0 Å². The molecule has 2 unspecified atom stereocenters. The molecule has 1 heterocycles. The van der Waals surface area contributed by atoms with Crippen molar-refractivity contribution < 1.29 is 19.4 Å². The third-order valence-corrected chi connectivity index (χ3v) is 5.79. The fourth-order valence-corrected chi connectivity index (χ4v) is 4.02. The minimum atomic E-state index is -1.34. The van der Waals surface area contributed by atoms with Gasteiger partial charge in [0.1, 0.15) is 11.2 Å². The van der Waals surface area contributed by atoms with E-state index in [1.54, 1.807) is 6.07 Å². The number of benzene rings is 1. The van der Waals surface area contributed by atoms with Gasteiger partial charge >= 0.3 is 5.97 Å². The smallest absolute Gasteiger partial charge is 0.330 e. The Morgan fingerprint density at radius 1 is 1.31 bits per heavy atom. The van der Waals surface area contributed by atoms with Gasteiger partial charge < -0.3 is 20.1 Å². The van der Waals surface area contributed by atoms with Crippen LogP contribution >= 0.6 is 0 Å². The number of rotatable bonds is 5. The molecule has 2 aromatic rings. The zero-order valence-corrected chi connectivity index (χ0v) is 15.9. The highest BCUT2D eigenvalue weighted by atomic mass is 16.5. The monoisotopic (exact) mass is 358 g/mol. The minimum Gasteiger partial charge on any atom is -0.479 e. The molecule has 1 aromatic carbocycles. The van der Waals surface area contributed by atoms with E-state index in [-0.39, 0.29) is 12.5 Å². The molecular formula is C20H26N2O4. The van der Waals surface area contributed by atoms with Gasteiger partial charge in [0.15, 0.2) is 0 Å². The number of carbonyl (C=O) groups is 2. The van der Waals surface area contributed by atoms with Gasteiger partial charge in [-0.3, -0.25) is 4.79 Å². The van der Waals surface area contributed by atoms with Gasteiger partial charge in [-0.05, 0) is 44.0 Å². The summed E-state index contributed by atoms with van der Waals surface area (Å²) in [6.45, 7) is 10.0. The third-order valence-electron chi connectivity index (χ3n) is 5.79. The Balaban J connectivity index is 1.91. The second kappa shape index (κ2) is 6.13. The van der Waals surface area contributed by atoms with Gasteiger partial charge in [-0.1, -0.05) is 19.9 Å². The molecule has 1 aliphatic carbocycles. The molecule has 0 saturated heterocycles. The highest BCUT2D eigenvalue weighted by Gasteiger charge is 2.66. The SMILES string of the molecule is CCOC1CC(NC(=O)c2cc3c(C)cc(C)cc3[nH]2)(C(=O)O)C1(C)C. The number of aromatic nitrogens is 1. The summed E-state index contributed by atoms with van der Waals surface area (Å²) in [5.74, 6) is -1.45. The number of carboxylic acids is 1. The zero-order valence-electron chi connectivity index (χ0n) is 15.9. The first-order valence-electron chi connectivity index (χ1n) is 8.90. The van der Waals surface area contributed by atoms with Gasteiger partial charge in [-0.15, -0.1) is 0 Å². The Bertz CT molecular complexity index is 883. The number of ether oxygens (including phenoxy) is 1. The molecule has 0 spiro atoms. The second-order valence-electron chi connectivity index (χ2n) is 7.76. The van der Waals surface area contributed by atoms with Gasteiger partial charge in [0.2, 0.25) is 0 Å². The Morgan fingerprint density at radius 2 is 2.00 bits per heavy atom. The van der Waals surface area contributed by atoms with Crippen LogP contribution in [0.5, 0.6) is 0 Å². The molecule has 140 valence electrons. The van der Waals surface area contributed by atoms with E-state index in [4.69, 9.17) is 4.74 Å². The number of nitrogens with one attached hydrogen (secondary N) is 2. The van der Waals surface area contributed by atoms with Crippen molar-refractivity contribution >= 4 is 22.8 Å². The molecule has 0 radical (unpaired) electrons. The van der Waals surface area contributed by atoms with Crippen LogP contribution in [-0.4, -0.2) is 40.2 Å². The van der Waals surface area contributed by atoms with E-state index >= 15 is 0 Å². The average molecular weight is 358 g/mol. The summed E-state index contributed by atoms with van der Waals surface area (Å²) in [5, 5.41) is 13.6. The number of fused-ring (bicyclic) bond motifs is 1. The lowest BCUT2D eigenvalue weighted by Crippen LogP contribution is -2.76. The number of hydrogen-bond donors (Lipinski definition) is 3. The lowest BCUT2D eigenvalue weighted by atomic mass is 9.54. The topological polar surface area (TPSA) is 91.4 Å². The van der Waals surface area contributed by atoms with Crippen LogP contribution < -0.4 is 5.32 Å². The van der Waals surface area contributed by atoms with E-state index in [9.17, 15) is 14.7 Å². The predicted molar refractivity (Wildman–Crippen MR) is 99.4 cm³/mol. The highest BCUT2D eigenvalue weighted by Crippen LogP contribution is 2.51. The van der Waals surface area contributed by atoms with Crippen molar-refractivity contribution in [2.75, 3.05) is 6.61 Å². The van der Waals surface area contributed by atoms with Gasteiger partial charge in [0, 0.05) is 29.3 Å². The number of carboxylic acid groups (broad SMARTS) is 1. The zero-order chi connectivity index (χ0) is 19.3. The molecule has 1 aliphatic rings. The number of amides is 1. The molecule has 2 atom stereocenters. The summed E-state index contributed by atoms with van der Waals surface area (Å²) in [6.07, 6.45) is 0.0595. The Hall–Kier alpha value is -2.34. The van der Waals surface area contributed by atoms with Crippen LogP contribution in [0.25, 0.3) is 10.9 Å². The number of H-pyrrole nitrogens is 1. The van der Waals surface area contributed by atoms with E-state index in [2.05, 4.69) is 16.4 Å². The highest BCUT2D eigenvalue weighted by molar-refractivity contribution is 6.01. The third kappa shape index (κ3) is 2.60. The number of hydrogen-bond acceptors (Lipinski definition) is 3. The van der Waals surface area contributed by atoms with Gasteiger partial charge in [0.25, 0.3) is 5.91 Å². The molecule has 26 heavy (non-hydrogen) atoms. The predicted octanol–water partition coefficient (Wildman–Crippen LogP) is 3.17. The van der Waals surface area contributed by atoms with Crippen molar-refractivity contribution in [3.8, 4) is 0 Å². The van der Waals surface area contributed by atoms with E-state index in [0.29, 0.717) is 12.3 Å². The van der Waals surface area contributed by atoms with E-state index in [1.807, 2.05) is 40.7 Å². The first kappa shape index (κ1) is 18.5. The number of aliphatic carboxylic acids is 1. The maximum absolute atomic E-state index is 12.8. The molecule has 1 fully saturated rings. The van der Waals surface area contributed by atoms with Crippen LogP contribution in [-0.2, 0) is 9.53 Å². The summed E-state index contributed by atoms with van der Waals surface area (Å²) in [6, 6.07) is 5.81. The Morgan fingerprint density at radius 3 is 2.58 bits per heavy atom. The maximum Gasteiger partial charge on any atom is 0.330 e. The van der Waals surface area contributed by atoms with Crippen molar-refractivity contribution in [3.05, 3.63) is 35.0 Å². The van der Waals surface area contributed by atoms with Crippen molar-refractivity contribution in [3.63, 3.8) is 0 Å². The van der Waals surface area contributed by atoms with Crippen LogP contribution in [0, 0.1) is 19.3 Å². The molecule has 1 amide bonds. The van der Waals surface area contributed by atoms with Gasteiger partial charge in [0.05, 0.1) is 6.10 Å². The molecule has 3 rings (SSSR count). The van der Waals surface area contributed by atoms with Crippen molar-refractivity contribution in [1.82, 2.24) is 10.3 Å². The first-order valence-corrected chi connectivity index (χ1v) is 8.90. The standard InChI is InChI=1S/C20H26N2O4/c1-6-26-16-10-20(18(24)25,19(16,4)5)22-17(23)15-9-13-12(3)7-11(2)8-14(13)21-15/h7-9,16,21H,6,10H2,1-5H3,(H,22,23)(H,24,25). The summed E-state index contributed by atoms with van der Waals surface area (Å²) >= 11 is 0. The Kier molecular flexibility index (Phi) is 4.35. The molecule has 3 N–H and O–H groups in total. The maximum atomic E-state index is 12.8. The van der Waals surface area contributed by atoms with E-state index in [1.165, 1.54) is 0 Å². The molecule has 0 aliphatic heterocycles. The van der Waals surface area contributed by atoms with E-state index < -0.39 is 22.8 Å². The van der Waals surface area contributed by atoms with Crippen molar-refractivity contribution in [2.24, 2.45) is 5.41 Å². The van der Waals surface area contributed by atoms with Crippen molar-refractivity contribution in [1.29, 1.82) is 0 Å². The number of carbonyl (C=O) groups excluding carboxylic acids is 1. The molecule has 1 aromatic heterocycles. The van der Waals surface area contributed by atoms with Crippen LogP contribution in [0.15, 0.2) is 18.2 Å². The van der Waals surface area contributed by atoms with Crippen LogP contribution in [0.1, 0.15) is 48.8 Å². The average Bonchev–Trinajstić information content (AvgIpc) is 2.97. The lowest BCUT2D eigenvalue weighted by Gasteiger charge is -2.58. The quantitative estimate of drug-likeness (QED) is 0.765. The van der Waals surface area contributed by atoms with E-state index in [0.717, 1.165) is 22.0 Å². The first-order chi connectivity index (χ1) is 12.1. The molecule has 6 heteroatoms.